The first-order valence-corrected chi connectivity index (χ1v) is 11.3. The lowest BCUT2D eigenvalue weighted by Gasteiger charge is -2.27. The molecule has 2 atom stereocenters. The van der Waals surface area contributed by atoms with Gasteiger partial charge in [0, 0.05) is 38.4 Å². The predicted octanol–water partition coefficient (Wildman–Crippen LogP) is 3.26. The van der Waals surface area contributed by atoms with Crippen molar-refractivity contribution in [2.75, 3.05) is 20.1 Å². The van der Waals surface area contributed by atoms with Crippen molar-refractivity contribution in [3.05, 3.63) is 30.1 Å². The number of amides is 2. The van der Waals surface area contributed by atoms with E-state index in [1.165, 1.54) is 37.0 Å². The highest BCUT2D eigenvalue weighted by molar-refractivity contribution is 5.95. The molecule has 7 heteroatoms. The zero-order valence-electron chi connectivity index (χ0n) is 18.1. The van der Waals surface area contributed by atoms with E-state index in [9.17, 15) is 9.59 Å². The van der Waals surface area contributed by atoms with Crippen molar-refractivity contribution >= 4 is 17.8 Å². The van der Waals surface area contributed by atoms with Gasteiger partial charge < -0.3 is 10.6 Å². The Morgan fingerprint density at radius 1 is 1.27 bits per heavy atom. The van der Waals surface area contributed by atoms with Crippen molar-refractivity contribution in [3.63, 3.8) is 0 Å². The van der Waals surface area contributed by atoms with Gasteiger partial charge in [0.05, 0.1) is 5.56 Å². The lowest BCUT2D eigenvalue weighted by atomic mass is 9.81. The van der Waals surface area contributed by atoms with E-state index >= 15 is 0 Å². The Bertz CT molecular complexity index is 732. The number of carbonyl (C=O) groups is 2. The Hall–Kier alpha value is -2.44. The second kappa shape index (κ2) is 10.5. The highest BCUT2D eigenvalue weighted by Gasteiger charge is 2.33. The summed E-state index contributed by atoms with van der Waals surface area (Å²) in [6, 6.07) is 3.57. The molecule has 1 aromatic heterocycles. The minimum absolute atomic E-state index is 0.0107. The number of pyridine rings is 1. The van der Waals surface area contributed by atoms with E-state index in [4.69, 9.17) is 11.1 Å². The van der Waals surface area contributed by atoms with E-state index in [1.54, 1.807) is 31.6 Å². The fraction of sp³-hybridized carbons (Fsp3) is 0.652. The van der Waals surface area contributed by atoms with E-state index in [-0.39, 0.29) is 23.7 Å². The van der Waals surface area contributed by atoms with Crippen molar-refractivity contribution in [1.29, 1.82) is 5.41 Å². The van der Waals surface area contributed by atoms with Crippen molar-refractivity contribution < 1.29 is 9.59 Å². The van der Waals surface area contributed by atoms with Crippen LogP contribution in [0, 0.1) is 23.2 Å². The molecule has 2 heterocycles. The molecule has 0 spiro atoms. The molecule has 7 nitrogen and oxygen atoms in total. The number of guanidine groups is 1. The topological polar surface area (TPSA) is 103 Å². The Morgan fingerprint density at radius 2 is 2.03 bits per heavy atom. The Labute approximate surface area is 179 Å². The summed E-state index contributed by atoms with van der Waals surface area (Å²) >= 11 is 0. The summed E-state index contributed by atoms with van der Waals surface area (Å²) in [7, 11) is 1.59. The van der Waals surface area contributed by atoms with Gasteiger partial charge in [0.1, 0.15) is 0 Å². The number of hydrogen-bond acceptors (Lipinski definition) is 4. The zero-order valence-corrected chi connectivity index (χ0v) is 18.1. The van der Waals surface area contributed by atoms with Gasteiger partial charge in [-0.3, -0.25) is 24.9 Å². The summed E-state index contributed by atoms with van der Waals surface area (Å²) in [5.74, 6) is 0.615. The molecular formula is C23H35N5O2. The molecule has 1 saturated heterocycles. The highest BCUT2D eigenvalue weighted by atomic mass is 16.2. The van der Waals surface area contributed by atoms with Gasteiger partial charge in [-0.2, -0.15) is 0 Å². The molecule has 164 valence electrons. The van der Waals surface area contributed by atoms with Crippen LogP contribution in [0.4, 0.5) is 0 Å². The van der Waals surface area contributed by atoms with Gasteiger partial charge in [-0.05, 0) is 49.7 Å². The van der Waals surface area contributed by atoms with Gasteiger partial charge in [0.2, 0.25) is 5.91 Å². The van der Waals surface area contributed by atoms with Gasteiger partial charge in [-0.15, -0.1) is 0 Å². The van der Waals surface area contributed by atoms with Gasteiger partial charge in [0.15, 0.2) is 5.96 Å². The monoisotopic (exact) mass is 413 g/mol. The van der Waals surface area contributed by atoms with E-state index in [0.717, 1.165) is 25.7 Å². The van der Waals surface area contributed by atoms with Crippen molar-refractivity contribution in [1.82, 2.24) is 14.8 Å². The summed E-state index contributed by atoms with van der Waals surface area (Å²) in [6.07, 6.45) is 13.3. The van der Waals surface area contributed by atoms with E-state index in [1.807, 2.05) is 4.90 Å². The van der Waals surface area contributed by atoms with Crippen molar-refractivity contribution in [2.45, 2.75) is 57.8 Å². The van der Waals surface area contributed by atoms with Crippen LogP contribution in [0.5, 0.6) is 0 Å². The van der Waals surface area contributed by atoms with E-state index < -0.39 is 0 Å². The Kier molecular flexibility index (Phi) is 7.82. The fourth-order valence-electron chi connectivity index (χ4n) is 4.93. The number of likely N-dealkylation sites (tertiary alicyclic amines) is 1. The number of nitrogens with zero attached hydrogens (tertiary/aromatic N) is 3. The lowest BCUT2D eigenvalue weighted by Crippen LogP contribution is -2.42. The second-order valence-corrected chi connectivity index (χ2v) is 8.94. The van der Waals surface area contributed by atoms with Crippen LogP contribution in [0.3, 0.4) is 0 Å². The summed E-state index contributed by atoms with van der Waals surface area (Å²) in [6.45, 7) is 1.38. The van der Waals surface area contributed by atoms with Crippen molar-refractivity contribution in [3.8, 4) is 0 Å². The standard InChI is InChI=1S/C23H35N5O2/c1-27(23(24)25)21(29)19(10-9-17-6-3-2-4-7-17)14-18-11-13-28(16-18)22(30)20-8-5-12-26-15-20/h5,8,12,15,17-19H,2-4,6-7,9-11,13-14,16H2,1H3,(H3,24,25)/t18-,19-/m1/s1. The lowest BCUT2D eigenvalue weighted by molar-refractivity contribution is -0.131. The average molecular weight is 414 g/mol. The number of nitrogens with two attached hydrogens (primary N) is 1. The number of hydrogen-bond donors (Lipinski definition) is 2. The van der Waals surface area contributed by atoms with E-state index in [2.05, 4.69) is 4.98 Å². The van der Waals surface area contributed by atoms with Crippen LogP contribution in [0.2, 0.25) is 0 Å². The first kappa shape index (κ1) is 22.2. The molecule has 0 radical (unpaired) electrons. The largest absolute Gasteiger partial charge is 0.370 e. The maximum atomic E-state index is 13.0. The summed E-state index contributed by atoms with van der Waals surface area (Å²) < 4.78 is 0. The normalized spacial score (nSPS) is 20.7. The maximum Gasteiger partial charge on any atom is 0.255 e. The van der Waals surface area contributed by atoms with Crippen LogP contribution in [0.1, 0.15) is 68.1 Å². The highest BCUT2D eigenvalue weighted by Crippen LogP contribution is 2.32. The number of rotatable bonds is 7. The smallest absolute Gasteiger partial charge is 0.255 e. The molecule has 1 aliphatic carbocycles. The van der Waals surface area contributed by atoms with Crippen LogP contribution >= 0.6 is 0 Å². The minimum Gasteiger partial charge on any atom is -0.370 e. The number of aromatic nitrogens is 1. The van der Waals surface area contributed by atoms with Crippen LogP contribution < -0.4 is 5.73 Å². The molecule has 3 rings (SSSR count). The molecule has 0 aromatic carbocycles. The first-order chi connectivity index (χ1) is 14.5. The van der Waals surface area contributed by atoms with Gasteiger partial charge >= 0.3 is 0 Å². The molecule has 0 bridgehead atoms. The third-order valence-corrected chi connectivity index (χ3v) is 6.79. The third-order valence-electron chi connectivity index (χ3n) is 6.79. The van der Waals surface area contributed by atoms with Crippen LogP contribution in [0.15, 0.2) is 24.5 Å². The SMILES string of the molecule is CN(C(=N)N)C(=O)[C@H](CCC1CCCCC1)C[C@H]1CCN(C(=O)c2cccnc2)C1. The minimum atomic E-state index is -0.206. The number of carbonyl (C=O) groups excluding carboxylic acids is 2. The molecule has 30 heavy (non-hydrogen) atoms. The fourth-order valence-corrected chi connectivity index (χ4v) is 4.93. The van der Waals surface area contributed by atoms with Gasteiger partial charge in [-0.1, -0.05) is 32.1 Å². The molecule has 1 aromatic rings. The Balaban J connectivity index is 1.59. The van der Waals surface area contributed by atoms with Crippen molar-refractivity contribution in [2.24, 2.45) is 23.5 Å². The van der Waals surface area contributed by atoms with Crippen LogP contribution in [-0.2, 0) is 4.79 Å². The van der Waals surface area contributed by atoms with Crippen LogP contribution in [0.25, 0.3) is 0 Å². The summed E-state index contributed by atoms with van der Waals surface area (Å²) in [4.78, 5) is 32.9. The molecule has 0 unspecified atom stereocenters. The summed E-state index contributed by atoms with van der Waals surface area (Å²) in [5.41, 5.74) is 6.19. The van der Waals surface area contributed by atoms with Gasteiger partial charge in [0.25, 0.3) is 5.91 Å². The first-order valence-electron chi connectivity index (χ1n) is 11.3. The quantitative estimate of drug-likeness (QED) is 0.529. The molecule has 3 N–H and O–H groups in total. The maximum absolute atomic E-state index is 13.0. The average Bonchev–Trinajstić information content (AvgIpc) is 3.25. The molecular weight excluding hydrogens is 378 g/mol. The predicted molar refractivity (Wildman–Crippen MR) is 117 cm³/mol. The zero-order chi connectivity index (χ0) is 21.5. The second-order valence-electron chi connectivity index (χ2n) is 8.94. The number of nitrogens with one attached hydrogen (secondary N) is 1. The third kappa shape index (κ3) is 5.80. The molecule has 1 saturated carbocycles. The molecule has 2 fully saturated rings. The molecule has 2 aliphatic rings. The molecule has 1 aliphatic heterocycles. The van der Waals surface area contributed by atoms with Gasteiger partial charge in [-0.25, -0.2) is 0 Å². The van der Waals surface area contributed by atoms with Crippen LogP contribution in [-0.4, -0.2) is 52.7 Å². The molecule has 2 amide bonds. The van der Waals surface area contributed by atoms with E-state index in [0.29, 0.717) is 30.5 Å². The Morgan fingerprint density at radius 3 is 2.70 bits per heavy atom. The summed E-state index contributed by atoms with van der Waals surface area (Å²) in [5, 5.41) is 7.64.